The van der Waals surface area contributed by atoms with Gasteiger partial charge in [0, 0.05) is 6.42 Å². The highest BCUT2D eigenvalue weighted by atomic mass is 15.1. The lowest BCUT2D eigenvalue weighted by Gasteiger charge is -2.06. The molecule has 0 saturated heterocycles. The third-order valence-corrected chi connectivity index (χ3v) is 5.30. The second-order valence-corrected chi connectivity index (χ2v) is 7.55. The number of hydrogen-bond acceptors (Lipinski definition) is 0. The molecule has 2 nitrogen and oxygen atoms in total. The van der Waals surface area contributed by atoms with Crippen molar-refractivity contribution in [2.75, 3.05) is 0 Å². The van der Waals surface area contributed by atoms with Crippen molar-refractivity contribution in [1.29, 1.82) is 0 Å². The van der Waals surface area contributed by atoms with Gasteiger partial charge in [0.2, 0.25) is 0 Å². The van der Waals surface area contributed by atoms with Crippen LogP contribution in [0.15, 0.2) is 42.7 Å². The standard InChI is InChI=1S/C24H39N2/c1-3-5-7-9-10-15-19-24-25(20-16-11-8-6-4-2)21-22-26(24)23-17-13-12-14-18-23/h12-14,17-18,21-22H,3-11,15-16,19-20H2,1-2H3/q+1. The molecule has 2 rings (SSSR count). The van der Waals surface area contributed by atoms with Crippen molar-refractivity contribution in [3.05, 3.63) is 48.5 Å². The number of imidazole rings is 1. The van der Waals surface area contributed by atoms with Crippen molar-refractivity contribution in [3.63, 3.8) is 0 Å². The van der Waals surface area contributed by atoms with Crippen molar-refractivity contribution >= 4 is 0 Å². The molecule has 0 fully saturated rings. The molecule has 1 heterocycles. The van der Waals surface area contributed by atoms with Crippen LogP contribution in [0, 0.1) is 0 Å². The number of aromatic nitrogens is 2. The third-order valence-electron chi connectivity index (χ3n) is 5.30. The molecule has 0 unspecified atom stereocenters. The maximum atomic E-state index is 2.50. The maximum Gasteiger partial charge on any atom is 0.261 e. The minimum Gasteiger partial charge on any atom is -0.234 e. The summed E-state index contributed by atoms with van der Waals surface area (Å²) in [7, 11) is 0. The fourth-order valence-electron chi connectivity index (χ4n) is 3.70. The number of nitrogens with zero attached hydrogens (tertiary/aromatic N) is 2. The van der Waals surface area contributed by atoms with Crippen molar-refractivity contribution in [2.24, 2.45) is 0 Å². The van der Waals surface area contributed by atoms with Gasteiger partial charge in [0.05, 0.1) is 6.54 Å². The van der Waals surface area contributed by atoms with Crippen LogP contribution < -0.4 is 4.57 Å². The van der Waals surface area contributed by atoms with Gasteiger partial charge in [-0.05, 0) is 31.4 Å². The van der Waals surface area contributed by atoms with Gasteiger partial charge < -0.3 is 0 Å². The Morgan fingerprint density at radius 2 is 1.35 bits per heavy atom. The number of unbranched alkanes of at least 4 members (excludes halogenated alkanes) is 9. The molecule has 0 spiro atoms. The molecule has 0 amide bonds. The monoisotopic (exact) mass is 355 g/mol. The molecule has 1 aromatic heterocycles. The average molecular weight is 356 g/mol. The first-order valence-electron chi connectivity index (χ1n) is 11.0. The molecule has 0 bridgehead atoms. The van der Waals surface area contributed by atoms with Crippen LogP contribution in [0.4, 0.5) is 0 Å². The number of rotatable bonds is 14. The van der Waals surface area contributed by atoms with Crippen LogP contribution in [0.2, 0.25) is 0 Å². The first kappa shape index (κ1) is 20.7. The summed E-state index contributed by atoms with van der Waals surface area (Å²) in [6.07, 6.45) is 20.6. The Kier molecular flexibility index (Phi) is 10.2. The van der Waals surface area contributed by atoms with Crippen LogP contribution >= 0.6 is 0 Å². The molecule has 0 saturated carbocycles. The average Bonchev–Trinajstić information content (AvgIpc) is 3.08. The normalized spacial score (nSPS) is 11.2. The van der Waals surface area contributed by atoms with Crippen LogP contribution in [0.25, 0.3) is 5.69 Å². The van der Waals surface area contributed by atoms with Crippen LogP contribution in [-0.4, -0.2) is 4.57 Å². The van der Waals surface area contributed by atoms with Gasteiger partial charge in [-0.3, -0.25) is 0 Å². The minimum atomic E-state index is 1.16. The lowest BCUT2D eigenvalue weighted by atomic mass is 10.1. The fourth-order valence-corrected chi connectivity index (χ4v) is 3.70. The summed E-state index contributed by atoms with van der Waals surface area (Å²) in [4.78, 5) is 0. The van der Waals surface area contributed by atoms with E-state index in [1.54, 1.807) is 0 Å². The van der Waals surface area contributed by atoms with Gasteiger partial charge in [-0.15, -0.1) is 0 Å². The van der Waals surface area contributed by atoms with E-state index in [1.807, 2.05) is 0 Å². The highest BCUT2D eigenvalue weighted by Crippen LogP contribution is 2.14. The zero-order valence-corrected chi connectivity index (χ0v) is 17.1. The van der Waals surface area contributed by atoms with Gasteiger partial charge >= 0.3 is 0 Å². The fraction of sp³-hybridized carbons (Fsp3) is 0.625. The van der Waals surface area contributed by atoms with E-state index in [0.717, 1.165) is 6.54 Å². The maximum absolute atomic E-state index is 2.50. The van der Waals surface area contributed by atoms with E-state index in [0.29, 0.717) is 0 Å². The van der Waals surface area contributed by atoms with Gasteiger partial charge in [-0.25, -0.2) is 4.57 Å². The quantitative estimate of drug-likeness (QED) is 0.265. The van der Waals surface area contributed by atoms with Gasteiger partial charge in [0.15, 0.2) is 0 Å². The zero-order valence-electron chi connectivity index (χ0n) is 17.1. The molecule has 0 atom stereocenters. The smallest absolute Gasteiger partial charge is 0.234 e. The van der Waals surface area contributed by atoms with E-state index in [9.17, 15) is 0 Å². The molecule has 1 aromatic carbocycles. The Hall–Kier alpha value is -1.57. The van der Waals surface area contributed by atoms with E-state index >= 15 is 0 Å². The van der Waals surface area contributed by atoms with E-state index in [4.69, 9.17) is 0 Å². The molecular formula is C24H39N2+. The van der Waals surface area contributed by atoms with E-state index in [2.05, 4.69) is 65.7 Å². The summed E-state index contributed by atoms with van der Waals surface area (Å²) in [5, 5.41) is 0. The molecule has 26 heavy (non-hydrogen) atoms. The number of para-hydroxylation sites is 1. The predicted octanol–water partition coefficient (Wildman–Crippen LogP) is 6.64. The summed E-state index contributed by atoms with van der Waals surface area (Å²) in [6, 6.07) is 10.8. The van der Waals surface area contributed by atoms with E-state index in [1.165, 1.54) is 88.6 Å². The van der Waals surface area contributed by atoms with Gasteiger partial charge in [0.1, 0.15) is 18.1 Å². The number of hydrogen-bond donors (Lipinski definition) is 0. The zero-order chi connectivity index (χ0) is 18.5. The van der Waals surface area contributed by atoms with Gasteiger partial charge in [-0.2, -0.15) is 4.57 Å². The van der Waals surface area contributed by atoms with Crippen molar-refractivity contribution in [1.82, 2.24) is 4.57 Å². The second-order valence-electron chi connectivity index (χ2n) is 7.55. The molecule has 0 aliphatic heterocycles. The largest absolute Gasteiger partial charge is 0.261 e. The summed E-state index contributed by atoms with van der Waals surface area (Å²) in [5.74, 6) is 1.47. The molecule has 0 aliphatic rings. The topological polar surface area (TPSA) is 8.81 Å². The summed E-state index contributed by atoms with van der Waals surface area (Å²) in [5.41, 5.74) is 1.29. The molecule has 144 valence electrons. The first-order chi connectivity index (χ1) is 12.9. The van der Waals surface area contributed by atoms with Crippen LogP contribution in [0.5, 0.6) is 0 Å². The van der Waals surface area contributed by atoms with E-state index < -0.39 is 0 Å². The lowest BCUT2D eigenvalue weighted by molar-refractivity contribution is -0.704. The van der Waals surface area contributed by atoms with Gasteiger partial charge in [-0.1, -0.05) is 83.4 Å². The third kappa shape index (κ3) is 6.97. The SMILES string of the molecule is CCCCCCCCc1n(-c2ccccc2)cc[n+]1CCCCCCC. The first-order valence-corrected chi connectivity index (χ1v) is 11.0. The van der Waals surface area contributed by atoms with Gasteiger partial charge in [0.25, 0.3) is 5.82 Å². The lowest BCUT2D eigenvalue weighted by Crippen LogP contribution is -2.37. The Balaban J connectivity index is 1.96. The van der Waals surface area contributed by atoms with Crippen molar-refractivity contribution in [2.45, 2.75) is 97.4 Å². The number of benzene rings is 1. The van der Waals surface area contributed by atoms with Crippen LogP contribution in [0.3, 0.4) is 0 Å². The van der Waals surface area contributed by atoms with Crippen LogP contribution in [-0.2, 0) is 13.0 Å². The second kappa shape index (κ2) is 12.7. The van der Waals surface area contributed by atoms with Crippen LogP contribution in [0.1, 0.15) is 90.3 Å². The Bertz CT molecular complexity index is 586. The minimum absolute atomic E-state index is 1.16. The molecule has 0 aliphatic carbocycles. The van der Waals surface area contributed by atoms with Crippen molar-refractivity contribution in [3.8, 4) is 5.69 Å². The molecule has 0 radical (unpaired) electrons. The molecule has 2 heteroatoms. The van der Waals surface area contributed by atoms with Crippen molar-refractivity contribution < 1.29 is 4.57 Å². The highest BCUT2D eigenvalue weighted by molar-refractivity contribution is 5.31. The number of aryl methyl sites for hydroxylation is 1. The Labute approximate surface area is 161 Å². The molecule has 2 aromatic rings. The highest BCUT2D eigenvalue weighted by Gasteiger charge is 2.18. The Morgan fingerprint density at radius 1 is 0.731 bits per heavy atom. The summed E-state index contributed by atoms with van der Waals surface area (Å²) in [6.45, 7) is 5.73. The molecule has 0 N–H and O–H groups in total. The predicted molar refractivity (Wildman–Crippen MR) is 112 cm³/mol. The Morgan fingerprint density at radius 3 is 2.04 bits per heavy atom. The molecular weight excluding hydrogens is 316 g/mol. The summed E-state index contributed by atoms with van der Waals surface area (Å²) >= 11 is 0. The van der Waals surface area contributed by atoms with E-state index in [-0.39, 0.29) is 0 Å². The summed E-state index contributed by atoms with van der Waals surface area (Å²) < 4.78 is 4.91.